The first-order chi connectivity index (χ1) is 14.3. The van der Waals surface area contributed by atoms with Gasteiger partial charge in [0.15, 0.2) is 0 Å². The Bertz CT molecular complexity index is 1050. The molecule has 4 atom stereocenters. The van der Waals surface area contributed by atoms with Crippen molar-refractivity contribution in [3.63, 3.8) is 0 Å². The zero-order valence-electron chi connectivity index (χ0n) is 17.0. The minimum atomic E-state index is -3.70. The summed E-state index contributed by atoms with van der Waals surface area (Å²) in [6.45, 7) is 0.402. The molecule has 0 saturated heterocycles. The van der Waals surface area contributed by atoms with E-state index in [4.69, 9.17) is 5.14 Å². The van der Waals surface area contributed by atoms with Gasteiger partial charge in [-0.05, 0) is 79.0 Å². The van der Waals surface area contributed by atoms with E-state index in [9.17, 15) is 13.2 Å². The molecule has 0 spiro atoms. The molecule has 6 rings (SSSR count). The number of amides is 1. The van der Waals surface area contributed by atoms with Gasteiger partial charge in [0, 0.05) is 6.54 Å². The van der Waals surface area contributed by atoms with Crippen molar-refractivity contribution in [2.75, 3.05) is 0 Å². The highest BCUT2D eigenvalue weighted by Crippen LogP contribution is 2.65. The smallest absolute Gasteiger partial charge is 0.238 e. The monoisotopic (exact) mass is 424 g/mol. The van der Waals surface area contributed by atoms with Crippen molar-refractivity contribution in [1.29, 1.82) is 0 Å². The minimum Gasteiger partial charge on any atom is -0.352 e. The van der Waals surface area contributed by atoms with Gasteiger partial charge >= 0.3 is 0 Å². The molecule has 4 aliphatic carbocycles. The van der Waals surface area contributed by atoms with E-state index in [0.29, 0.717) is 18.4 Å². The number of primary sulfonamides is 1. The molecule has 4 saturated carbocycles. The highest BCUT2D eigenvalue weighted by Gasteiger charge is 2.60. The molecule has 6 heteroatoms. The highest BCUT2D eigenvalue weighted by atomic mass is 32.2. The van der Waals surface area contributed by atoms with Crippen LogP contribution in [0.2, 0.25) is 0 Å². The number of hydrogen-bond acceptors (Lipinski definition) is 3. The Hall–Kier alpha value is -2.18. The summed E-state index contributed by atoms with van der Waals surface area (Å²) in [5.74, 6) is 1.42. The van der Waals surface area contributed by atoms with E-state index in [1.165, 1.54) is 37.0 Å². The van der Waals surface area contributed by atoms with Crippen LogP contribution in [0.4, 0.5) is 0 Å². The van der Waals surface area contributed by atoms with Gasteiger partial charge in [-0.1, -0.05) is 42.5 Å². The number of carbonyl (C=O) groups is 1. The number of benzene rings is 2. The van der Waals surface area contributed by atoms with Gasteiger partial charge in [0.1, 0.15) is 0 Å². The van der Waals surface area contributed by atoms with Crippen molar-refractivity contribution in [3.05, 3.63) is 65.7 Å². The first kappa shape index (κ1) is 19.8. The lowest BCUT2D eigenvalue weighted by atomic mass is 9.42. The second-order valence-corrected chi connectivity index (χ2v) is 11.3. The number of sulfonamides is 1. The van der Waals surface area contributed by atoms with Crippen molar-refractivity contribution in [3.8, 4) is 0 Å². The van der Waals surface area contributed by atoms with Crippen molar-refractivity contribution in [1.82, 2.24) is 5.32 Å². The van der Waals surface area contributed by atoms with Crippen molar-refractivity contribution in [2.24, 2.45) is 22.4 Å². The van der Waals surface area contributed by atoms with Gasteiger partial charge in [-0.3, -0.25) is 4.79 Å². The van der Waals surface area contributed by atoms with Crippen LogP contribution in [0.15, 0.2) is 59.5 Å². The van der Waals surface area contributed by atoms with E-state index in [1.807, 2.05) is 0 Å². The third kappa shape index (κ3) is 3.36. The molecule has 4 bridgehead atoms. The number of hydrogen-bond donors (Lipinski definition) is 2. The Morgan fingerprint density at radius 2 is 1.60 bits per heavy atom. The summed E-state index contributed by atoms with van der Waals surface area (Å²) in [4.78, 5) is 13.5. The van der Waals surface area contributed by atoms with Gasteiger partial charge in [0.2, 0.25) is 15.9 Å². The molecule has 0 aliphatic heterocycles. The maximum Gasteiger partial charge on any atom is 0.238 e. The summed E-state index contributed by atoms with van der Waals surface area (Å²) in [5.41, 5.74) is 2.13. The lowest BCUT2D eigenvalue weighted by Gasteiger charge is -2.61. The van der Waals surface area contributed by atoms with Crippen LogP contribution in [0.1, 0.15) is 49.7 Å². The maximum absolute atomic E-state index is 13.4. The van der Waals surface area contributed by atoms with E-state index >= 15 is 0 Å². The SMILES string of the molecule is NS(=O)(=O)c1ccc(CNC(=O)C23C[C@H]4C[C@@H](C2)CC(c2ccccc2)(C4)C3)cc1. The first-order valence-electron chi connectivity index (χ1n) is 10.7. The molecule has 0 heterocycles. The fourth-order valence-corrected chi connectivity index (χ4v) is 7.34. The van der Waals surface area contributed by atoms with Gasteiger partial charge in [-0.15, -0.1) is 0 Å². The Kier molecular flexibility index (Phi) is 4.56. The van der Waals surface area contributed by atoms with E-state index in [2.05, 4.69) is 35.6 Å². The number of rotatable bonds is 5. The third-order valence-corrected chi connectivity index (χ3v) is 8.56. The van der Waals surface area contributed by atoms with Gasteiger partial charge in [0.05, 0.1) is 10.3 Å². The second kappa shape index (κ2) is 6.92. The molecule has 2 aromatic carbocycles. The van der Waals surface area contributed by atoms with Gasteiger partial charge in [-0.2, -0.15) is 0 Å². The van der Waals surface area contributed by atoms with E-state index < -0.39 is 10.0 Å². The van der Waals surface area contributed by atoms with Crippen LogP contribution in [-0.4, -0.2) is 14.3 Å². The van der Waals surface area contributed by atoms with E-state index in [-0.39, 0.29) is 21.6 Å². The van der Waals surface area contributed by atoms with Crippen LogP contribution in [-0.2, 0) is 26.8 Å². The van der Waals surface area contributed by atoms with Crippen molar-refractivity contribution in [2.45, 2.75) is 55.4 Å². The lowest BCUT2D eigenvalue weighted by molar-refractivity contribution is -0.149. The molecule has 30 heavy (non-hydrogen) atoms. The van der Waals surface area contributed by atoms with Gasteiger partial charge < -0.3 is 5.32 Å². The Balaban J connectivity index is 1.34. The van der Waals surface area contributed by atoms with Crippen molar-refractivity contribution >= 4 is 15.9 Å². The van der Waals surface area contributed by atoms with Crippen LogP contribution < -0.4 is 10.5 Å². The van der Waals surface area contributed by atoms with E-state index in [0.717, 1.165) is 24.8 Å². The average molecular weight is 425 g/mol. The first-order valence-corrected chi connectivity index (χ1v) is 12.3. The summed E-state index contributed by atoms with van der Waals surface area (Å²) in [7, 11) is -3.70. The molecular formula is C24H28N2O3S. The lowest BCUT2D eigenvalue weighted by Crippen LogP contribution is -2.59. The third-order valence-electron chi connectivity index (χ3n) is 7.63. The Morgan fingerprint density at radius 1 is 0.967 bits per heavy atom. The van der Waals surface area contributed by atoms with Crippen LogP contribution in [0.5, 0.6) is 0 Å². The summed E-state index contributed by atoms with van der Waals surface area (Å²) in [6, 6.07) is 17.2. The van der Waals surface area contributed by atoms with Crippen LogP contribution in [0, 0.1) is 17.3 Å². The number of nitrogens with one attached hydrogen (secondary N) is 1. The number of nitrogens with two attached hydrogens (primary N) is 1. The number of carbonyl (C=O) groups excluding carboxylic acids is 1. The summed E-state index contributed by atoms with van der Waals surface area (Å²) in [5, 5.41) is 8.32. The van der Waals surface area contributed by atoms with Crippen LogP contribution >= 0.6 is 0 Å². The maximum atomic E-state index is 13.4. The zero-order valence-corrected chi connectivity index (χ0v) is 17.8. The molecule has 158 valence electrons. The molecule has 5 nitrogen and oxygen atoms in total. The Labute approximate surface area is 178 Å². The summed E-state index contributed by atoms with van der Waals surface area (Å²) >= 11 is 0. The topological polar surface area (TPSA) is 89.3 Å². The average Bonchev–Trinajstić information content (AvgIpc) is 2.71. The highest BCUT2D eigenvalue weighted by molar-refractivity contribution is 7.89. The molecule has 1 amide bonds. The zero-order chi connectivity index (χ0) is 21.0. The summed E-state index contributed by atoms with van der Waals surface area (Å²) in [6.07, 6.45) is 6.60. The van der Waals surface area contributed by atoms with Crippen molar-refractivity contribution < 1.29 is 13.2 Å². The summed E-state index contributed by atoms with van der Waals surface area (Å²) < 4.78 is 22.8. The van der Waals surface area contributed by atoms with E-state index in [1.54, 1.807) is 12.1 Å². The molecular weight excluding hydrogens is 396 g/mol. The molecule has 4 aliphatic rings. The molecule has 0 radical (unpaired) electrons. The molecule has 2 aromatic rings. The van der Waals surface area contributed by atoms with Crippen LogP contribution in [0.3, 0.4) is 0 Å². The molecule has 4 fully saturated rings. The molecule has 0 aromatic heterocycles. The van der Waals surface area contributed by atoms with Gasteiger partial charge in [0.25, 0.3) is 0 Å². The quantitative estimate of drug-likeness (QED) is 0.770. The predicted octanol–water partition coefficient (Wildman–Crippen LogP) is 3.49. The fourth-order valence-electron chi connectivity index (χ4n) is 6.82. The standard InChI is InChI=1S/C24H28N2O3S/c25-30(28,29)21-8-6-17(7-9-21)15-26-22(27)24-13-18-10-19(14-24)12-23(11-18,16-24)20-4-2-1-3-5-20/h1-9,18-19H,10-16H2,(H,26,27)(H2,25,28,29)/t18-,19+,23?,24?. The fraction of sp³-hybridized carbons (Fsp3) is 0.458. The Morgan fingerprint density at radius 3 is 2.20 bits per heavy atom. The molecule has 3 N–H and O–H groups in total. The predicted molar refractivity (Wildman–Crippen MR) is 115 cm³/mol. The largest absolute Gasteiger partial charge is 0.352 e. The second-order valence-electron chi connectivity index (χ2n) is 9.76. The normalized spacial score (nSPS) is 32.2. The van der Waals surface area contributed by atoms with Gasteiger partial charge in [-0.25, -0.2) is 13.6 Å². The molecule has 2 unspecified atom stereocenters. The van der Waals surface area contributed by atoms with Crippen LogP contribution in [0.25, 0.3) is 0 Å². The minimum absolute atomic E-state index is 0.0865.